The topological polar surface area (TPSA) is 71.4 Å². The van der Waals surface area contributed by atoms with Crippen molar-refractivity contribution in [3.63, 3.8) is 0 Å². The lowest BCUT2D eigenvalue weighted by atomic mass is 9.83. The van der Waals surface area contributed by atoms with Gasteiger partial charge in [-0.05, 0) is 44.4 Å². The Morgan fingerprint density at radius 2 is 1.40 bits per heavy atom. The third-order valence-corrected chi connectivity index (χ3v) is 3.34. The monoisotopic (exact) mass is 261 g/mol. The molecule has 1 aromatic rings. The Kier molecular flexibility index (Phi) is 4.47. The van der Waals surface area contributed by atoms with E-state index >= 15 is 0 Å². The zero-order valence-corrected chi connectivity index (χ0v) is 12.1. The van der Waals surface area contributed by atoms with Gasteiger partial charge in [0.15, 0.2) is 0 Å². The second-order valence-electron chi connectivity index (χ2n) is 4.59. The average molecular weight is 261 g/mol. The molecule has 0 bridgehead atoms. The highest BCUT2D eigenvalue weighted by molar-refractivity contribution is 5.85. The summed E-state index contributed by atoms with van der Waals surface area (Å²) >= 11 is 0. The molecular weight excluding hydrogens is 246 g/mol. The molecule has 0 atom stereocenters. The van der Waals surface area contributed by atoms with Crippen LogP contribution >= 0.6 is 0 Å². The maximum absolute atomic E-state index is 9.49. The molecule has 20 heavy (non-hydrogen) atoms. The summed E-state index contributed by atoms with van der Waals surface area (Å²) in [6.07, 6.45) is 1.85. The summed E-state index contributed by atoms with van der Waals surface area (Å²) in [6, 6.07) is 6.35. The van der Waals surface area contributed by atoms with E-state index in [1.54, 1.807) is 13.8 Å². The molecule has 98 valence electrons. The van der Waals surface area contributed by atoms with Crippen molar-refractivity contribution in [2.45, 2.75) is 27.7 Å². The van der Waals surface area contributed by atoms with Crippen LogP contribution in [0, 0.1) is 40.9 Å². The van der Waals surface area contributed by atoms with Gasteiger partial charge in [-0.25, -0.2) is 0 Å². The Bertz CT molecular complexity index is 745. The van der Waals surface area contributed by atoms with Gasteiger partial charge in [-0.3, -0.25) is 0 Å². The largest absolute Gasteiger partial charge is 0.192 e. The predicted octanol–water partition coefficient (Wildman–Crippen LogP) is 4.07. The normalized spacial score (nSPS) is 10.3. The van der Waals surface area contributed by atoms with Crippen LogP contribution in [0.2, 0.25) is 0 Å². The van der Waals surface area contributed by atoms with Gasteiger partial charge in [-0.1, -0.05) is 12.7 Å². The fourth-order valence-corrected chi connectivity index (χ4v) is 2.23. The zero-order chi connectivity index (χ0) is 15.4. The lowest BCUT2D eigenvalue weighted by Gasteiger charge is -2.16. The Labute approximate surface area is 119 Å². The Balaban J connectivity index is 4.18. The van der Waals surface area contributed by atoms with E-state index in [1.807, 2.05) is 19.9 Å². The minimum absolute atomic E-state index is 0.354. The van der Waals surface area contributed by atoms with E-state index in [-0.39, 0.29) is 0 Å². The van der Waals surface area contributed by atoms with Crippen molar-refractivity contribution >= 4 is 11.1 Å². The number of rotatable bonds is 2. The van der Waals surface area contributed by atoms with Gasteiger partial charge in [0.05, 0.1) is 16.7 Å². The van der Waals surface area contributed by atoms with Gasteiger partial charge in [-0.2, -0.15) is 15.8 Å². The molecule has 0 aromatic heterocycles. The summed E-state index contributed by atoms with van der Waals surface area (Å²) in [4.78, 5) is 0. The molecule has 3 nitrogen and oxygen atoms in total. The van der Waals surface area contributed by atoms with Crippen molar-refractivity contribution in [3.05, 3.63) is 46.0 Å². The summed E-state index contributed by atoms with van der Waals surface area (Å²) in [5, 5.41) is 28.2. The summed E-state index contributed by atoms with van der Waals surface area (Å²) in [7, 11) is 0. The molecule has 3 heteroatoms. The van der Waals surface area contributed by atoms with Crippen molar-refractivity contribution in [1.29, 1.82) is 15.8 Å². The highest BCUT2D eigenvalue weighted by atomic mass is 14.3. The van der Waals surface area contributed by atoms with Crippen molar-refractivity contribution in [2.75, 3.05) is 0 Å². The minimum atomic E-state index is 0.354. The Hall–Kier alpha value is -2.83. The molecule has 0 amide bonds. The molecule has 0 radical (unpaired) electrons. The number of hydrogen-bond acceptors (Lipinski definition) is 3. The van der Waals surface area contributed by atoms with Crippen LogP contribution in [-0.4, -0.2) is 0 Å². The molecule has 0 fully saturated rings. The first-order chi connectivity index (χ1) is 9.44. The maximum Gasteiger partial charge on any atom is 0.100 e. The quantitative estimate of drug-likeness (QED) is 0.805. The third-order valence-electron chi connectivity index (χ3n) is 3.34. The number of allylic oxidation sites excluding steroid dienone is 3. The molecule has 0 heterocycles. The molecule has 0 aliphatic rings. The van der Waals surface area contributed by atoms with Crippen LogP contribution in [0.5, 0.6) is 0 Å². The number of hydrogen-bond donors (Lipinski definition) is 0. The van der Waals surface area contributed by atoms with Gasteiger partial charge in [0.2, 0.25) is 0 Å². The van der Waals surface area contributed by atoms with Crippen molar-refractivity contribution in [2.24, 2.45) is 0 Å². The van der Waals surface area contributed by atoms with Crippen LogP contribution in [-0.2, 0) is 0 Å². The first-order valence-electron chi connectivity index (χ1n) is 6.14. The molecule has 1 aromatic carbocycles. The van der Waals surface area contributed by atoms with E-state index in [1.165, 1.54) is 0 Å². The first-order valence-corrected chi connectivity index (χ1v) is 6.14. The number of nitriles is 3. The predicted molar refractivity (Wildman–Crippen MR) is 79.4 cm³/mol. The van der Waals surface area contributed by atoms with E-state index < -0.39 is 0 Å². The number of nitrogens with zero attached hydrogens (tertiary/aromatic N) is 3. The van der Waals surface area contributed by atoms with Gasteiger partial charge in [0.25, 0.3) is 0 Å². The second kappa shape index (κ2) is 5.87. The Morgan fingerprint density at radius 1 is 0.950 bits per heavy atom. The van der Waals surface area contributed by atoms with Crippen LogP contribution in [0.3, 0.4) is 0 Å². The van der Waals surface area contributed by atoms with Gasteiger partial charge < -0.3 is 0 Å². The zero-order valence-electron chi connectivity index (χ0n) is 12.1. The maximum atomic E-state index is 9.49. The first kappa shape index (κ1) is 15.2. The SMILES string of the molecule is C=C(C)c1c(C#N)c(C)c(C#N)c(C(C)=CC)c1C#N. The van der Waals surface area contributed by atoms with Crippen molar-refractivity contribution < 1.29 is 0 Å². The van der Waals surface area contributed by atoms with E-state index in [9.17, 15) is 15.8 Å². The van der Waals surface area contributed by atoms with E-state index in [2.05, 4.69) is 24.8 Å². The molecule has 0 aliphatic heterocycles. The van der Waals surface area contributed by atoms with Gasteiger partial charge in [-0.15, -0.1) is 0 Å². The highest BCUT2D eigenvalue weighted by Gasteiger charge is 2.22. The molecule has 0 unspecified atom stereocenters. The van der Waals surface area contributed by atoms with Crippen molar-refractivity contribution in [3.8, 4) is 18.2 Å². The third kappa shape index (κ3) is 2.20. The lowest BCUT2D eigenvalue weighted by molar-refractivity contribution is 1.28. The van der Waals surface area contributed by atoms with Crippen LogP contribution in [0.4, 0.5) is 0 Å². The van der Waals surface area contributed by atoms with E-state index in [0.29, 0.717) is 39.0 Å². The minimum Gasteiger partial charge on any atom is -0.192 e. The summed E-state index contributed by atoms with van der Waals surface area (Å²) in [5.41, 5.74) is 4.34. The van der Waals surface area contributed by atoms with Gasteiger partial charge in [0.1, 0.15) is 18.2 Å². The lowest BCUT2D eigenvalue weighted by Crippen LogP contribution is -2.05. The van der Waals surface area contributed by atoms with Crippen LogP contribution in [0.15, 0.2) is 12.7 Å². The van der Waals surface area contributed by atoms with Gasteiger partial charge >= 0.3 is 0 Å². The van der Waals surface area contributed by atoms with Crippen LogP contribution in [0.1, 0.15) is 54.2 Å². The van der Waals surface area contributed by atoms with E-state index in [0.717, 1.165) is 5.57 Å². The van der Waals surface area contributed by atoms with Crippen molar-refractivity contribution in [1.82, 2.24) is 0 Å². The summed E-state index contributed by atoms with van der Waals surface area (Å²) in [5.74, 6) is 0. The summed E-state index contributed by atoms with van der Waals surface area (Å²) in [6.45, 7) is 11.1. The fraction of sp³-hybridized carbons (Fsp3) is 0.235. The smallest absolute Gasteiger partial charge is 0.100 e. The fourth-order valence-electron chi connectivity index (χ4n) is 2.23. The average Bonchev–Trinajstić information content (AvgIpc) is 2.44. The van der Waals surface area contributed by atoms with Crippen LogP contribution < -0.4 is 0 Å². The molecular formula is C17H15N3. The standard InChI is InChI=1S/C17H15N3/c1-6-11(4)17-14(8-19)12(5)13(7-18)16(10(2)3)15(17)9-20/h6H,2H2,1,3-5H3. The van der Waals surface area contributed by atoms with Gasteiger partial charge in [0, 0.05) is 11.1 Å². The molecule has 0 aliphatic carbocycles. The Morgan fingerprint density at radius 3 is 1.75 bits per heavy atom. The molecule has 0 saturated carbocycles. The summed E-state index contributed by atoms with van der Waals surface area (Å²) < 4.78 is 0. The number of benzene rings is 1. The van der Waals surface area contributed by atoms with E-state index in [4.69, 9.17) is 0 Å². The molecule has 0 saturated heterocycles. The molecule has 0 spiro atoms. The molecule has 1 rings (SSSR count). The second-order valence-corrected chi connectivity index (χ2v) is 4.59. The van der Waals surface area contributed by atoms with Crippen LogP contribution in [0.25, 0.3) is 11.1 Å². The highest BCUT2D eigenvalue weighted by Crippen LogP contribution is 2.34. The molecule has 0 N–H and O–H groups in total.